The van der Waals surface area contributed by atoms with Crippen molar-refractivity contribution in [1.82, 2.24) is 5.32 Å². The first kappa shape index (κ1) is 13.2. The summed E-state index contributed by atoms with van der Waals surface area (Å²) >= 11 is 0. The number of nitrogens with zero attached hydrogens (tertiary/aromatic N) is 1. The van der Waals surface area contributed by atoms with Crippen LogP contribution >= 0.6 is 0 Å². The molecule has 2 aromatic rings. The highest BCUT2D eigenvalue weighted by atomic mass is 16.5. The van der Waals surface area contributed by atoms with Crippen LogP contribution < -0.4 is 10.1 Å². The topological polar surface area (TPSA) is 62.1 Å². The van der Waals surface area contributed by atoms with Crippen LogP contribution in [-0.4, -0.2) is 12.5 Å². The summed E-state index contributed by atoms with van der Waals surface area (Å²) in [5, 5.41) is 11.9. The van der Waals surface area contributed by atoms with Gasteiger partial charge in [-0.3, -0.25) is 4.79 Å². The zero-order valence-electron chi connectivity index (χ0n) is 11.4. The van der Waals surface area contributed by atoms with Gasteiger partial charge in [-0.15, -0.1) is 0 Å². The van der Waals surface area contributed by atoms with Gasteiger partial charge in [-0.05, 0) is 24.3 Å². The van der Waals surface area contributed by atoms with Gasteiger partial charge in [-0.25, -0.2) is 0 Å². The quantitative estimate of drug-likeness (QED) is 0.918. The van der Waals surface area contributed by atoms with Crippen molar-refractivity contribution < 1.29 is 9.53 Å². The minimum atomic E-state index is -0.172. The van der Waals surface area contributed by atoms with E-state index in [1.165, 1.54) is 0 Å². The summed E-state index contributed by atoms with van der Waals surface area (Å²) in [5.41, 5.74) is 1.97. The number of ether oxygens (including phenoxy) is 1. The molecule has 1 atom stereocenters. The Morgan fingerprint density at radius 2 is 2.10 bits per heavy atom. The van der Waals surface area contributed by atoms with E-state index in [4.69, 9.17) is 10.00 Å². The Morgan fingerprint density at radius 1 is 1.24 bits per heavy atom. The van der Waals surface area contributed by atoms with Gasteiger partial charge in [0.05, 0.1) is 24.3 Å². The standard InChI is InChI=1S/C17H14N2O2/c18-11-12-4-3-5-13(10-12)17(20)19-15-8-9-21-16-7-2-1-6-14(15)16/h1-7,10,15H,8-9H2,(H,19,20)/t15-/m1/s1. The number of rotatable bonds is 2. The number of fused-ring (bicyclic) bond motifs is 1. The Labute approximate surface area is 123 Å². The summed E-state index contributed by atoms with van der Waals surface area (Å²) in [5.74, 6) is 0.647. The Morgan fingerprint density at radius 3 is 2.95 bits per heavy atom. The maximum atomic E-state index is 12.3. The van der Waals surface area contributed by atoms with Gasteiger partial charge in [0.1, 0.15) is 5.75 Å². The number of hydrogen-bond donors (Lipinski definition) is 1. The second-order valence-corrected chi connectivity index (χ2v) is 4.89. The Bertz CT molecular complexity index is 719. The van der Waals surface area contributed by atoms with Crippen molar-refractivity contribution in [2.24, 2.45) is 0 Å². The fourth-order valence-corrected chi connectivity index (χ4v) is 2.46. The zero-order valence-corrected chi connectivity index (χ0v) is 11.4. The Hall–Kier alpha value is -2.80. The molecule has 1 aliphatic heterocycles. The van der Waals surface area contributed by atoms with Crippen molar-refractivity contribution in [2.75, 3.05) is 6.61 Å². The third-order valence-corrected chi connectivity index (χ3v) is 3.52. The molecule has 1 N–H and O–H groups in total. The molecule has 0 radical (unpaired) electrons. The molecule has 21 heavy (non-hydrogen) atoms. The molecule has 0 bridgehead atoms. The number of nitrogens with one attached hydrogen (secondary N) is 1. The van der Waals surface area contributed by atoms with Crippen LogP contribution in [0.1, 0.15) is 33.9 Å². The van der Waals surface area contributed by atoms with Gasteiger partial charge in [0, 0.05) is 17.5 Å². The average Bonchev–Trinajstić information content (AvgIpc) is 2.55. The first-order valence-electron chi connectivity index (χ1n) is 6.80. The van der Waals surface area contributed by atoms with E-state index in [-0.39, 0.29) is 11.9 Å². The summed E-state index contributed by atoms with van der Waals surface area (Å²) in [4.78, 5) is 12.3. The Kier molecular flexibility index (Phi) is 3.57. The van der Waals surface area contributed by atoms with Crippen molar-refractivity contribution in [1.29, 1.82) is 5.26 Å². The smallest absolute Gasteiger partial charge is 0.251 e. The van der Waals surface area contributed by atoms with Crippen molar-refractivity contribution in [2.45, 2.75) is 12.5 Å². The van der Waals surface area contributed by atoms with Crippen LogP contribution in [0.15, 0.2) is 48.5 Å². The predicted molar refractivity (Wildman–Crippen MR) is 77.9 cm³/mol. The summed E-state index contributed by atoms with van der Waals surface area (Å²) in [7, 11) is 0. The van der Waals surface area contributed by atoms with E-state index in [0.717, 1.165) is 17.7 Å². The number of para-hydroxylation sites is 1. The lowest BCUT2D eigenvalue weighted by Crippen LogP contribution is -2.32. The summed E-state index contributed by atoms with van der Waals surface area (Å²) in [6, 6.07) is 16.4. The number of carbonyl (C=O) groups is 1. The molecule has 4 heteroatoms. The van der Waals surface area contributed by atoms with Crippen molar-refractivity contribution >= 4 is 5.91 Å². The molecule has 0 fully saturated rings. The van der Waals surface area contributed by atoms with E-state index in [9.17, 15) is 4.79 Å². The predicted octanol–water partition coefficient (Wildman–Crippen LogP) is 2.81. The van der Waals surface area contributed by atoms with Gasteiger partial charge in [-0.1, -0.05) is 24.3 Å². The van der Waals surface area contributed by atoms with Gasteiger partial charge in [0.15, 0.2) is 0 Å². The van der Waals surface area contributed by atoms with Crippen molar-refractivity contribution in [3.63, 3.8) is 0 Å². The van der Waals surface area contributed by atoms with Crippen molar-refractivity contribution in [3.8, 4) is 11.8 Å². The lowest BCUT2D eigenvalue weighted by atomic mass is 10.00. The number of nitriles is 1. The maximum Gasteiger partial charge on any atom is 0.251 e. The first-order valence-corrected chi connectivity index (χ1v) is 6.80. The molecule has 104 valence electrons. The second kappa shape index (κ2) is 5.68. The minimum Gasteiger partial charge on any atom is -0.493 e. The molecule has 4 nitrogen and oxygen atoms in total. The highest BCUT2D eigenvalue weighted by Crippen LogP contribution is 2.31. The molecular weight excluding hydrogens is 264 g/mol. The van der Waals surface area contributed by atoms with Crippen LogP contribution in [0, 0.1) is 11.3 Å². The lowest BCUT2D eigenvalue weighted by Gasteiger charge is -2.26. The molecule has 1 aliphatic rings. The van der Waals surface area contributed by atoms with E-state index < -0.39 is 0 Å². The highest BCUT2D eigenvalue weighted by molar-refractivity contribution is 5.94. The van der Waals surface area contributed by atoms with Gasteiger partial charge in [-0.2, -0.15) is 5.26 Å². The van der Waals surface area contributed by atoms with Gasteiger partial charge < -0.3 is 10.1 Å². The zero-order chi connectivity index (χ0) is 14.7. The molecule has 0 aromatic heterocycles. The minimum absolute atomic E-state index is 0.0619. The molecule has 1 heterocycles. The van der Waals surface area contributed by atoms with E-state index in [0.29, 0.717) is 17.7 Å². The first-order chi connectivity index (χ1) is 10.3. The van der Waals surface area contributed by atoms with Crippen LogP contribution in [0.2, 0.25) is 0 Å². The number of benzene rings is 2. The van der Waals surface area contributed by atoms with Crippen molar-refractivity contribution in [3.05, 3.63) is 65.2 Å². The lowest BCUT2D eigenvalue weighted by molar-refractivity contribution is 0.0925. The molecule has 0 saturated carbocycles. The molecular formula is C17H14N2O2. The molecule has 0 aliphatic carbocycles. The van der Waals surface area contributed by atoms with Crippen LogP contribution in [0.5, 0.6) is 5.75 Å². The largest absolute Gasteiger partial charge is 0.493 e. The number of carbonyl (C=O) groups excluding carboxylic acids is 1. The molecule has 0 spiro atoms. The Balaban J connectivity index is 1.81. The maximum absolute atomic E-state index is 12.3. The number of hydrogen-bond acceptors (Lipinski definition) is 3. The monoisotopic (exact) mass is 278 g/mol. The van der Waals surface area contributed by atoms with Gasteiger partial charge >= 0.3 is 0 Å². The summed E-state index contributed by atoms with van der Waals surface area (Å²) in [6.45, 7) is 0.584. The molecule has 0 unspecified atom stereocenters. The van der Waals surface area contributed by atoms with Crippen LogP contribution in [0.25, 0.3) is 0 Å². The van der Waals surface area contributed by atoms with E-state index >= 15 is 0 Å². The van der Waals surface area contributed by atoms with Crippen LogP contribution in [0.4, 0.5) is 0 Å². The third kappa shape index (κ3) is 2.72. The highest BCUT2D eigenvalue weighted by Gasteiger charge is 2.23. The van der Waals surface area contributed by atoms with E-state index in [1.807, 2.05) is 30.3 Å². The van der Waals surface area contributed by atoms with Gasteiger partial charge in [0.25, 0.3) is 5.91 Å². The second-order valence-electron chi connectivity index (χ2n) is 4.89. The fourth-order valence-electron chi connectivity index (χ4n) is 2.46. The normalized spacial score (nSPS) is 16.2. The molecule has 0 saturated heterocycles. The fraction of sp³-hybridized carbons (Fsp3) is 0.176. The van der Waals surface area contributed by atoms with Crippen LogP contribution in [0.3, 0.4) is 0 Å². The molecule has 1 amide bonds. The van der Waals surface area contributed by atoms with E-state index in [2.05, 4.69) is 5.32 Å². The van der Waals surface area contributed by atoms with E-state index in [1.54, 1.807) is 24.3 Å². The number of amides is 1. The summed E-state index contributed by atoms with van der Waals surface area (Å²) < 4.78 is 5.58. The average molecular weight is 278 g/mol. The SMILES string of the molecule is N#Cc1cccc(C(=O)N[C@@H]2CCOc3ccccc32)c1. The molecule has 2 aromatic carbocycles. The van der Waals surface area contributed by atoms with Gasteiger partial charge in [0.2, 0.25) is 0 Å². The molecule has 3 rings (SSSR count). The third-order valence-electron chi connectivity index (χ3n) is 3.52. The summed E-state index contributed by atoms with van der Waals surface area (Å²) in [6.07, 6.45) is 0.737. The van der Waals surface area contributed by atoms with Crippen LogP contribution in [-0.2, 0) is 0 Å².